The van der Waals surface area contributed by atoms with Gasteiger partial charge in [0, 0.05) is 71.9 Å². The van der Waals surface area contributed by atoms with Gasteiger partial charge in [-0.3, -0.25) is 39.3 Å². The van der Waals surface area contributed by atoms with Crippen LogP contribution in [0.4, 0.5) is 11.4 Å². The molecule has 0 saturated carbocycles. The molecule has 1 unspecified atom stereocenters. The van der Waals surface area contributed by atoms with E-state index in [1.165, 1.54) is 4.90 Å². The van der Waals surface area contributed by atoms with Crippen molar-refractivity contribution >= 4 is 51.7 Å². The Kier molecular flexibility index (Phi) is 9.52. The van der Waals surface area contributed by atoms with Crippen LogP contribution in [-0.4, -0.2) is 56.5 Å². The van der Waals surface area contributed by atoms with Crippen LogP contribution in [0.1, 0.15) is 82.6 Å². The second-order valence-electron chi connectivity index (χ2n) is 14.4. The summed E-state index contributed by atoms with van der Waals surface area (Å²) >= 11 is 0. The first kappa shape index (κ1) is 36.1. The molecule has 12 heteroatoms. The first-order valence-corrected chi connectivity index (χ1v) is 18.8. The number of pyridine rings is 2. The number of nitrogens with one attached hydrogen (secondary N) is 3. The molecule has 12 nitrogen and oxygen atoms in total. The number of primary amides is 1. The Hall–Kier alpha value is -6.87. The van der Waals surface area contributed by atoms with Gasteiger partial charge in [0.1, 0.15) is 11.7 Å². The second kappa shape index (κ2) is 14.8. The summed E-state index contributed by atoms with van der Waals surface area (Å²) in [6.45, 7) is 4.30. The molecular formula is C44H39N7O5. The van der Waals surface area contributed by atoms with E-state index in [0.29, 0.717) is 41.6 Å². The van der Waals surface area contributed by atoms with Gasteiger partial charge in [-0.15, -0.1) is 0 Å². The number of aryl methyl sites for hydroxylation is 2. The number of amides is 5. The molecule has 1 saturated heterocycles. The highest BCUT2D eigenvalue weighted by Crippen LogP contribution is 2.42. The Labute approximate surface area is 323 Å². The van der Waals surface area contributed by atoms with Gasteiger partial charge in [-0.1, -0.05) is 55.2 Å². The van der Waals surface area contributed by atoms with Crippen LogP contribution in [0.25, 0.3) is 33.2 Å². The van der Waals surface area contributed by atoms with Crippen molar-refractivity contribution in [3.63, 3.8) is 0 Å². The minimum Gasteiger partial charge on any atom is -0.380 e. The smallest absolute Gasteiger partial charge is 0.267 e. The molecule has 8 rings (SSSR count). The molecule has 56 heavy (non-hydrogen) atoms. The highest BCUT2D eigenvalue weighted by atomic mass is 16.2. The largest absolute Gasteiger partial charge is 0.380 e. The fraction of sp³-hybridized carbons (Fsp3) is 0.250. The fourth-order valence-electron chi connectivity index (χ4n) is 7.91. The Morgan fingerprint density at radius 2 is 1.73 bits per heavy atom. The van der Waals surface area contributed by atoms with Crippen LogP contribution >= 0.6 is 0 Å². The third kappa shape index (κ3) is 6.72. The lowest BCUT2D eigenvalue weighted by Gasteiger charge is -2.29. The number of nitrogens with zero attached hydrogens (tertiary/aromatic N) is 3. The van der Waals surface area contributed by atoms with Gasteiger partial charge in [0.15, 0.2) is 0 Å². The molecule has 0 spiro atoms. The summed E-state index contributed by atoms with van der Waals surface area (Å²) in [5, 5.41) is 10.9. The molecule has 0 radical (unpaired) electrons. The van der Waals surface area contributed by atoms with Crippen molar-refractivity contribution in [2.24, 2.45) is 5.73 Å². The number of hydrogen-bond acceptors (Lipinski definition) is 8. The van der Waals surface area contributed by atoms with Gasteiger partial charge in [0.2, 0.25) is 17.7 Å². The summed E-state index contributed by atoms with van der Waals surface area (Å²) < 4.78 is 0. The number of rotatable bonds is 7. The molecule has 5 amide bonds. The topological polar surface area (TPSA) is 176 Å². The number of benzene rings is 3. The number of aromatic nitrogens is 2. The number of carbonyl (C=O) groups is 5. The van der Waals surface area contributed by atoms with Gasteiger partial charge in [-0.05, 0) is 78.1 Å². The first-order chi connectivity index (χ1) is 27.1. The van der Waals surface area contributed by atoms with Crippen molar-refractivity contribution in [1.82, 2.24) is 20.2 Å². The maximum atomic E-state index is 13.2. The molecule has 1 fully saturated rings. The van der Waals surface area contributed by atoms with Crippen LogP contribution in [0.5, 0.6) is 0 Å². The van der Waals surface area contributed by atoms with Gasteiger partial charge < -0.3 is 21.3 Å². The average Bonchev–Trinajstić information content (AvgIpc) is 3.43. The predicted molar refractivity (Wildman–Crippen MR) is 212 cm³/mol. The van der Waals surface area contributed by atoms with Crippen LogP contribution in [0, 0.1) is 11.8 Å². The maximum absolute atomic E-state index is 13.2. The normalized spacial score (nSPS) is 17.6. The summed E-state index contributed by atoms with van der Waals surface area (Å²) in [5.41, 5.74) is 14.6. The predicted octanol–water partition coefficient (Wildman–Crippen LogP) is 5.51. The van der Waals surface area contributed by atoms with E-state index in [9.17, 15) is 24.0 Å². The summed E-state index contributed by atoms with van der Waals surface area (Å²) in [5.74, 6) is 4.66. The van der Waals surface area contributed by atoms with E-state index in [2.05, 4.69) is 57.9 Å². The highest BCUT2D eigenvalue weighted by molar-refractivity contribution is 6.07. The van der Waals surface area contributed by atoms with Crippen LogP contribution < -0.4 is 21.7 Å². The van der Waals surface area contributed by atoms with Crippen molar-refractivity contribution < 1.29 is 24.0 Å². The SMILES string of the molecule is CCc1ccc(-c2cccc3cc(-c4cnc(C(N)=O)c(CCC#Cc5cccc6c5CN(C5CCC(=O)NC5=O)C6=O)c4)ncc23)c2c1NC(=O)C[C@@H](C)N2. The molecule has 5 N–H and O–H groups in total. The Balaban J connectivity index is 1.05. The van der Waals surface area contributed by atoms with Gasteiger partial charge in [0.05, 0.1) is 17.1 Å². The van der Waals surface area contributed by atoms with E-state index in [1.807, 2.05) is 43.5 Å². The van der Waals surface area contributed by atoms with Crippen molar-refractivity contribution in [1.29, 1.82) is 0 Å². The Morgan fingerprint density at radius 1 is 0.911 bits per heavy atom. The molecule has 2 atom stereocenters. The van der Waals surface area contributed by atoms with Crippen LogP contribution in [-0.2, 0) is 33.8 Å². The third-order valence-corrected chi connectivity index (χ3v) is 10.7. The van der Waals surface area contributed by atoms with Gasteiger partial charge >= 0.3 is 0 Å². The quantitative estimate of drug-likeness (QED) is 0.125. The van der Waals surface area contributed by atoms with Gasteiger partial charge in [-0.25, -0.2) is 0 Å². The number of imide groups is 1. The minimum atomic E-state index is -0.709. The zero-order valence-corrected chi connectivity index (χ0v) is 31.0. The lowest BCUT2D eigenvalue weighted by molar-refractivity contribution is -0.137. The lowest BCUT2D eigenvalue weighted by atomic mass is 9.94. The summed E-state index contributed by atoms with van der Waals surface area (Å²) in [7, 11) is 0. The lowest BCUT2D eigenvalue weighted by Crippen LogP contribution is -2.52. The number of nitrogens with two attached hydrogens (primary N) is 1. The maximum Gasteiger partial charge on any atom is 0.267 e. The van der Waals surface area contributed by atoms with E-state index in [1.54, 1.807) is 18.3 Å². The number of piperidine rings is 1. The van der Waals surface area contributed by atoms with Gasteiger partial charge in [-0.2, -0.15) is 0 Å². The molecule has 3 aliphatic heterocycles. The van der Waals surface area contributed by atoms with Crippen molar-refractivity contribution in [2.75, 3.05) is 10.6 Å². The van der Waals surface area contributed by atoms with E-state index in [4.69, 9.17) is 10.7 Å². The molecule has 0 aliphatic carbocycles. The number of fused-ring (bicyclic) bond motifs is 3. The average molecular weight is 746 g/mol. The monoisotopic (exact) mass is 745 g/mol. The second-order valence-corrected chi connectivity index (χ2v) is 14.4. The van der Waals surface area contributed by atoms with Crippen LogP contribution in [0.2, 0.25) is 0 Å². The standard InChI is InChI=1S/C44H39N7O5/c1-3-25-14-15-31(41-39(25)49-38(53)18-24(2)48-41)30-12-7-11-27-20-35(46-22-33(27)30)29-19-28(40(42(45)54)47-21-29)9-5-4-8-26-10-6-13-32-34(26)23-51(44(32)56)36-16-17-37(52)50-43(36)55/h6-7,10-15,19-22,24,36,48H,3,5,9,16-18,23H2,1-2H3,(H2,45,54)(H,49,53)(H,50,52,55)/t24-,36?/m1/s1. The molecule has 2 aromatic heterocycles. The fourth-order valence-corrected chi connectivity index (χ4v) is 7.91. The van der Waals surface area contributed by atoms with E-state index in [-0.39, 0.29) is 48.8 Å². The number of hydrogen-bond donors (Lipinski definition) is 4. The molecular weight excluding hydrogens is 707 g/mol. The van der Waals surface area contributed by atoms with Crippen molar-refractivity contribution in [3.05, 3.63) is 107 Å². The van der Waals surface area contributed by atoms with E-state index >= 15 is 0 Å². The molecule has 3 aliphatic rings. The zero-order valence-electron chi connectivity index (χ0n) is 31.0. The Morgan fingerprint density at radius 3 is 2.54 bits per heavy atom. The summed E-state index contributed by atoms with van der Waals surface area (Å²) in [6, 6.07) is 18.7. The minimum absolute atomic E-state index is 0.0145. The summed E-state index contributed by atoms with van der Waals surface area (Å²) in [4.78, 5) is 73.3. The van der Waals surface area contributed by atoms with Crippen LogP contribution in [0.15, 0.2) is 73.1 Å². The number of anilines is 2. The van der Waals surface area contributed by atoms with Crippen molar-refractivity contribution in [3.8, 4) is 34.2 Å². The Bertz CT molecular complexity index is 2570. The van der Waals surface area contributed by atoms with E-state index < -0.39 is 17.9 Å². The first-order valence-electron chi connectivity index (χ1n) is 18.8. The van der Waals surface area contributed by atoms with Crippen molar-refractivity contribution in [2.45, 2.75) is 71.0 Å². The zero-order chi connectivity index (χ0) is 39.1. The molecule has 5 aromatic rings. The molecule has 5 heterocycles. The molecule has 280 valence electrons. The van der Waals surface area contributed by atoms with Gasteiger partial charge in [0.25, 0.3) is 11.8 Å². The van der Waals surface area contributed by atoms with E-state index in [0.717, 1.165) is 56.4 Å². The molecule has 3 aromatic carbocycles. The number of carbonyl (C=O) groups excluding carboxylic acids is 5. The van der Waals surface area contributed by atoms with Crippen LogP contribution in [0.3, 0.4) is 0 Å². The third-order valence-electron chi connectivity index (χ3n) is 10.7. The summed E-state index contributed by atoms with van der Waals surface area (Å²) in [6.07, 6.45) is 5.83. The molecule has 0 bridgehead atoms. The highest BCUT2D eigenvalue weighted by Gasteiger charge is 2.39.